The first kappa shape index (κ1) is 17.8. The number of carboxylic acids is 1. The Morgan fingerprint density at radius 3 is 2.67 bits per heavy atom. The number of halogens is 1. The zero-order valence-corrected chi connectivity index (χ0v) is 14.0. The Morgan fingerprint density at radius 2 is 2.07 bits per heavy atom. The molecule has 0 aliphatic carbocycles. The molecule has 134 valence electrons. The molecular formula is C18H12FN5O3. The molecule has 1 aromatic carbocycles. The highest BCUT2D eigenvalue weighted by Gasteiger charge is 2.18. The summed E-state index contributed by atoms with van der Waals surface area (Å²) in [6.45, 7) is 1.51. The summed E-state index contributed by atoms with van der Waals surface area (Å²) in [5, 5.41) is 19.4. The fourth-order valence-corrected chi connectivity index (χ4v) is 2.25. The molecule has 8 nitrogen and oxygen atoms in total. The maximum absolute atomic E-state index is 13.9. The largest absolute Gasteiger partial charge is 0.478 e. The van der Waals surface area contributed by atoms with Crippen LogP contribution in [0.15, 0.2) is 43.0 Å². The summed E-state index contributed by atoms with van der Waals surface area (Å²) in [7, 11) is 0. The number of carboxylic acid groups (broad SMARTS) is 1. The third kappa shape index (κ3) is 3.80. The molecule has 3 rings (SSSR count). The van der Waals surface area contributed by atoms with Gasteiger partial charge in [0.25, 0.3) is 5.91 Å². The van der Waals surface area contributed by atoms with E-state index in [9.17, 15) is 19.1 Å². The molecule has 0 atom stereocenters. The van der Waals surface area contributed by atoms with Gasteiger partial charge in [0.1, 0.15) is 12.1 Å². The lowest BCUT2D eigenvalue weighted by molar-refractivity contribution is 0.0697. The van der Waals surface area contributed by atoms with Crippen LogP contribution in [-0.4, -0.2) is 36.7 Å². The molecule has 0 saturated carbocycles. The average Bonchev–Trinajstić information content (AvgIpc) is 3.19. The molecule has 0 bridgehead atoms. The molecule has 0 aliphatic heterocycles. The van der Waals surface area contributed by atoms with Crippen molar-refractivity contribution in [3.05, 3.63) is 65.6 Å². The van der Waals surface area contributed by atoms with E-state index in [4.69, 9.17) is 0 Å². The fraction of sp³-hybridized carbons (Fsp3) is 0.0556. The Hall–Kier alpha value is -4.06. The number of nitrogens with zero attached hydrogens (tertiary/aromatic N) is 4. The lowest BCUT2D eigenvalue weighted by Gasteiger charge is -2.10. The molecule has 2 N–H and O–H groups in total. The predicted octanol–water partition coefficient (Wildman–Crippen LogP) is 2.12. The predicted molar refractivity (Wildman–Crippen MR) is 93.0 cm³/mol. The molecule has 2 heterocycles. The third-order valence-electron chi connectivity index (χ3n) is 3.50. The minimum atomic E-state index is -1.39. The molecule has 0 aliphatic rings. The SMILES string of the molecule is CC#Cc1cc(NC(=O)c2ccc(-n3ccnc3)nn2)c(C(=O)O)cc1F. The number of amides is 1. The first-order valence-corrected chi connectivity index (χ1v) is 7.62. The van der Waals surface area contributed by atoms with Crippen LogP contribution in [0.1, 0.15) is 33.3 Å². The summed E-state index contributed by atoms with van der Waals surface area (Å²) >= 11 is 0. The van der Waals surface area contributed by atoms with Crippen LogP contribution in [0.2, 0.25) is 0 Å². The van der Waals surface area contributed by atoms with Crippen LogP contribution >= 0.6 is 0 Å². The molecule has 0 radical (unpaired) electrons. The van der Waals surface area contributed by atoms with Gasteiger partial charge >= 0.3 is 5.97 Å². The van der Waals surface area contributed by atoms with Gasteiger partial charge in [-0.1, -0.05) is 5.92 Å². The summed E-state index contributed by atoms with van der Waals surface area (Å²) in [5.74, 6) is 2.63. The molecule has 0 unspecified atom stereocenters. The van der Waals surface area contributed by atoms with Gasteiger partial charge in [-0.3, -0.25) is 9.36 Å². The van der Waals surface area contributed by atoms with Crippen LogP contribution in [0.4, 0.5) is 10.1 Å². The molecule has 0 spiro atoms. The summed E-state index contributed by atoms with van der Waals surface area (Å²) in [6.07, 6.45) is 4.76. The van der Waals surface area contributed by atoms with Crippen molar-refractivity contribution in [1.29, 1.82) is 0 Å². The maximum Gasteiger partial charge on any atom is 0.337 e. The molecule has 3 aromatic rings. The number of benzene rings is 1. The lowest BCUT2D eigenvalue weighted by atomic mass is 10.1. The van der Waals surface area contributed by atoms with Crippen molar-refractivity contribution in [3.63, 3.8) is 0 Å². The number of nitrogens with one attached hydrogen (secondary N) is 1. The molecule has 27 heavy (non-hydrogen) atoms. The second-order valence-corrected chi connectivity index (χ2v) is 5.26. The van der Waals surface area contributed by atoms with E-state index in [0.717, 1.165) is 6.07 Å². The van der Waals surface area contributed by atoms with Gasteiger partial charge in [-0.15, -0.1) is 16.1 Å². The minimum Gasteiger partial charge on any atom is -0.478 e. The van der Waals surface area contributed by atoms with E-state index in [1.807, 2.05) is 0 Å². The molecule has 0 fully saturated rings. The Morgan fingerprint density at radius 1 is 1.26 bits per heavy atom. The number of anilines is 1. The maximum atomic E-state index is 13.9. The van der Waals surface area contributed by atoms with Crippen molar-refractivity contribution in [1.82, 2.24) is 19.7 Å². The van der Waals surface area contributed by atoms with Crippen molar-refractivity contribution in [2.24, 2.45) is 0 Å². The number of carbonyl (C=O) groups is 2. The van der Waals surface area contributed by atoms with Crippen molar-refractivity contribution in [3.8, 4) is 17.7 Å². The van der Waals surface area contributed by atoms with Gasteiger partial charge in [0.15, 0.2) is 11.5 Å². The molecule has 9 heteroatoms. The van der Waals surface area contributed by atoms with Gasteiger partial charge in [-0.2, -0.15) is 0 Å². The van der Waals surface area contributed by atoms with E-state index in [0.29, 0.717) is 5.82 Å². The number of hydrogen-bond acceptors (Lipinski definition) is 5. The van der Waals surface area contributed by atoms with E-state index in [2.05, 4.69) is 32.3 Å². The van der Waals surface area contributed by atoms with Crippen LogP contribution in [0.5, 0.6) is 0 Å². The third-order valence-corrected chi connectivity index (χ3v) is 3.50. The van der Waals surface area contributed by atoms with Crippen molar-refractivity contribution >= 4 is 17.6 Å². The van der Waals surface area contributed by atoms with Gasteiger partial charge in [0.2, 0.25) is 0 Å². The standard InChI is InChI=1S/C18H12FN5O3/c1-2-3-11-8-15(12(18(26)27)9-13(11)19)21-17(25)14-4-5-16(23-22-14)24-7-6-20-10-24/h4-10H,1H3,(H,21,25)(H,26,27). The van der Waals surface area contributed by atoms with E-state index in [1.54, 1.807) is 23.0 Å². The summed E-state index contributed by atoms with van der Waals surface area (Å²) < 4.78 is 15.5. The monoisotopic (exact) mass is 365 g/mol. The second kappa shape index (κ2) is 7.45. The number of hydrogen-bond donors (Lipinski definition) is 2. The zero-order valence-electron chi connectivity index (χ0n) is 14.0. The first-order chi connectivity index (χ1) is 13.0. The van der Waals surface area contributed by atoms with Crippen LogP contribution in [0.3, 0.4) is 0 Å². The first-order valence-electron chi connectivity index (χ1n) is 7.62. The molecule has 0 saturated heterocycles. The van der Waals surface area contributed by atoms with E-state index in [1.165, 1.54) is 25.4 Å². The van der Waals surface area contributed by atoms with Gasteiger partial charge < -0.3 is 10.4 Å². The highest BCUT2D eigenvalue weighted by atomic mass is 19.1. The zero-order chi connectivity index (χ0) is 19.4. The van der Waals surface area contributed by atoms with Crippen molar-refractivity contribution < 1.29 is 19.1 Å². The fourth-order valence-electron chi connectivity index (χ4n) is 2.25. The van der Waals surface area contributed by atoms with E-state index in [-0.39, 0.29) is 16.9 Å². The van der Waals surface area contributed by atoms with Crippen LogP contribution < -0.4 is 5.32 Å². The second-order valence-electron chi connectivity index (χ2n) is 5.26. The van der Waals surface area contributed by atoms with Crippen molar-refractivity contribution in [2.75, 3.05) is 5.32 Å². The molecule has 2 aromatic heterocycles. The van der Waals surface area contributed by atoms with Crippen LogP contribution in [0, 0.1) is 17.7 Å². The van der Waals surface area contributed by atoms with E-state index < -0.39 is 23.3 Å². The quantitative estimate of drug-likeness (QED) is 0.686. The van der Waals surface area contributed by atoms with Crippen molar-refractivity contribution in [2.45, 2.75) is 6.92 Å². The van der Waals surface area contributed by atoms with E-state index >= 15 is 0 Å². The Bertz CT molecular complexity index is 1070. The number of carbonyl (C=O) groups excluding carboxylic acids is 1. The average molecular weight is 365 g/mol. The van der Waals surface area contributed by atoms with Crippen LogP contribution in [-0.2, 0) is 0 Å². The number of aromatic carboxylic acids is 1. The van der Waals surface area contributed by atoms with Gasteiger partial charge in [-0.25, -0.2) is 14.2 Å². The summed E-state index contributed by atoms with van der Waals surface area (Å²) in [4.78, 5) is 27.6. The van der Waals surface area contributed by atoms with Gasteiger partial charge in [0, 0.05) is 12.4 Å². The number of imidazole rings is 1. The summed E-state index contributed by atoms with van der Waals surface area (Å²) in [5.41, 5.74) is -0.556. The number of aromatic nitrogens is 4. The lowest BCUT2D eigenvalue weighted by Crippen LogP contribution is -2.17. The van der Waals surface area contributed by atoms with Gasteiger partial charge in [-0.05, 0) is 31.2 Å². The summed E-state index contributed by atoms with van der Waals surface area (Å²) in [6, 6.07) is 4.96. The number of rotatable bonds is 4. The Balaban J connectivity index is 1.89. The molecular weight excluding hydrogens is 353 g/mol. The van der Waals surface area contributed by atoms with Crippen LogP contribution in [0.25, 0.3) is 5.82 Å². The Labute approximate surface area is 152 Å². The minimum absolute atomic E-state index is 0.0284. The smallest absolute Gasteiger partial charge is 0.337 e. The topological polar surface area (TPSA) is 110 Å². The molecule has 1 amide bonds. The highest BCUT2D eigenvalue weighted by molar-refractivity contribution is 6.06. The normalized spacial score (nSPS) is 10.0. The highest BCUT2D eigenvalue weighted by Crippen LogP contribution is 2.21. The van der Waals surface area contributed by atoms with Gasteiger partial charge in [0.05, 0.1) is 16.8 Å². The Kier molecular flexibility index (Phi) is 4.90.